The van der Waals surface area contributed by atoms with Gasteiger partial charge in [-0.25, -0.2) is 0 Å². The van der Waals surface area contributed by atoms with Crippen LogP contribution in [0.2, 0.25) is 5.02 Å². The van der Waals surface area contributed by atoms with Crippen LogP contribution in [0.3, 0.4) is 0 Å². The lowest BCUT2D eigenvalue weighted by Crippen LogP contribution is -2.11. The molecule has 0 radical (unpaired) electrons. The van der Waals surface area contributed by atoms with Gasteiger partial charge in [0.25, 0.3) is 0 Å². The molecule has 0 aliphatic rings. The Kier molecular flexibility index (Phi) is 5.25. The Balaban J connectivity index is 0.00000121. The van der Waals surface area contributed by atoms with Gasteiger partial charge in [-0.2, -0.15) is 0 Å². The second-order valence-electron chi connectivity index (χ2n) is 2.27. The zero-order valence-electron chi connectivity index (χ0n) is 6.40. The molecule has 1 aromatic carbocycles. The molecular formula is C8H11Cl2NO. The molecule has 0 aliphatic carbocycles. The highest BCUT2D eigenvalue weighted by Gasteiger charge is 2.07. The Morgan fingerprint density at radius 3 is 2.50 bits per heavy atom. The number of hydrogen-bond acceptors (Lipinski definition) is 2. The molecular weight excluding hydrogens is 197 g/mol. The lowest BCUT2D eigenvalue weighted by Gasteiger charge is -2.08. The summed E-state index contributed by atoms with van der Waals surface area (Å²) in [4.78, 5) is 0. The van der Waals surface area contributed by atoms with Crippen LogP contribution in [0.4, 0.5) is 0 Å². The monoisotopic (exact) mass is 207 g/mol. The zero-order valence-corrected chi connectivity index (χ0v) is 7.98. The third-order valence-electron chi connectivity index (χ3n) is 1.49. The number of halogens is 2. The fraction of sp³-hybridized carbons (Fsp3) is 0.250. The average molecular weight is 208 g/mol. The van der Waals surface area contributed by atoms with Gasteiger partial charge in [-0.15, -0.1) is 12.4 Å². The zero-order chi connectivity index (χ0) is 8.27. The smallest absolute Gasteiger partial charge is 0.0926 e. The molecule has 1 rings (SSSR count). The molecule has 0 aromatic heterocycles. The number of aliphatic hydroxyl groups excluding tert-OH is 1. The summed E-state index contributed by atoms with van der Waals surface area (Å²) in [7, 11) is 0. The van der Waals surface area contributed by atoms with Gasteiger partial charge < -0.3 is 10.8 Å². The molecule has 68 valence electrons. The number of nitrogens with two attached hydrogens (primary N) is 1. The first-order valence-electron chi connectivity index (χ1n) is 3.38. The van der Waals surface area contributed by atoms with E-state index in [0.717, 1.165) is 0 Å². The van der Waals surface area contributed by atoms with Crippen LogP contribution < -0.4 is 5.73 Å². The van der Waals surface area contributed by atoms with Crippen molar-refractivity contribution in [1.29, 1.82) is 0 Å². The summed E-state index contributed by atoms with van der Waals surface area (Å²) in [6.45, 7) is 0.198. The van der Waals surface area contributed by atoms with Crippen molar-refractivity contribution < 1.29 is 5.11 Å². The topological polar surface area (TPSA) is 46.2 Å². The van der Waals surface area contributed by atoms with Crippen molar-refractivity contribution in [3.8, 4) is 0 Å². The lowest BCUT2D eigenvalue weighted by molar-refractivity contribution is 0.187. The van der Waals surface area contributed by atoms with Crippen LogP contribution in [0.15, 0.2) is 24.3 Å². The van der Waals surface area contributed by atoms with E-state index in [2.05, 4.69) is 0 Å². The Hall–Kier alpha value is -0.280. The number of hydrogen-bond donors (Lipinski definition) is 2. The van der Waals surface area contributed by atoms with E-state index >= 15 is 0 Å². The van der Waals surface area contributed by atoms with E-state index in [0.29, 0.717) is 10.6 Å². The summed E-state index contributed by atoms with van der Waals surface area (Å²) in [5.74, 6) is 0. The summed E-state index contributed by atoms with van der Waals surface area (Å²) in [5.41, 5.74) is 5.96. The molecule has 0 heterocycles. The summed E-state index contributed by atoms with van der Waals surface area (Å²) in [5, 5.41) is 9.86. The standard InChI is InChI=1S/C8H10ClNO.ClH/c9-7-4-2-1-3-6(7)8(11)5-10;/h1-4,8,11H,5,10H2;1H/t8-;/m1./s1. The summed E-state index contributed by atoms with van der Waals surface area (Å²) in [6.07, 6.45) is -0.649. The number of rotatable bonds is 2. The van der Waals surface area contributed by atoms with Gasteiger partial charge in [0.2, 0.25) is 0 Å². The van der Waals surface area contributed by atoms with E-state index in [1.165, 1.54) is 0 Å². The van der Waals surface area contributed by atoms with Crippen molar-refractivity contribution in [2.75, 3.05) is 6.54 Å². The molecule has 1 aromatic rings. The van der Waals surface area contributed by atoms with Gasteiger partial charge in [0.1, 0.15) is 0 Å². The fourth-order valence-corrected chi connectivity index (χ4v) is 1.13. The van der Waals surface area contributed by atoms with Crippen molar-refractivity contribution in [3.05, 3.63) is 34.9 Å². The molecule has 0 saturated heterocycles. The normalized spacial score (nSPS) is 11.9. The van der Waals surface area contributed by atoms with Crippen LogP contribution >= 0.6 is 24.0 Å². The van der Waals surface area contributed by atoms with Crippen LogP contribution in [0, 0.1) is 0 Å². The van der Waals surface area contributed by atoms with Crippen LogP contribution in [-0.4, -0.2) is 11.7 Å². The Morgan fingerprint density at radius 2 is 2.00 bits per heavy atom. The Labute approximate surface area is 82.8 Å². The van der Waals surface area contributed by atoms with Gasteiger partial charge in [-0.1, -0.05) is 29.8 Å². The van der Waals surface area contributed by atoms with E-state index in [4.69, 9.17) is 17.3 Å². The maximum atomic E-state index is 9.30. The van der Waals surface area contributed by atoms with E-state index in [1.54, 1.807) is 12.1 Å². The van der Waals surface area contributed by atoms with Crippen molar-refractivity contribution in [2.45, 2.75) is 6.10 Å². The summed E-state index contributed by atoms with van der Waals surface area (Å²) in [6, 6.07) is 7.13. The lowest BCUT2D eigenvalue weighted by atomic mass is 10.1. The van der Waals surface area contributed by atoms with Crippen molar-refractivity contribution in [2.24, 2.45) is 5.73 Å². The second kappa shape index (κ2) is 5.38. The Morgan fingerprint density at radius 1 is 1.42 bits per heavy atom. The molecule has 0 bridgehead atoms. The van der Waals surface area contributed by atoms with Gasteiger partial charge >= 0.3 is 0 Å². The molecule has 0 unspecified atom stereocenters. The summed E-state index contributed by atoms with van der Waals surface area (Å²) < 4.78 is 0. The predicted molar refractivity (Wildman–Crippen MR) is 52.7 cm³/mol. The highest BCUT2D eigenvalue weighted by atomic mass is 35.5. The molecule has 0 aliphatic heterocycles. The fourth-order valence-electron chi connectivity index (χ4n) is 0.872. The van der Waals surface area contributed by atoms with Crippen LogP contribution in [0.25, 0.3) is 0 Å². The first-order chi connectivity index (χ1) is 5.25. The second-order valence-corrected chi connectivity index (χ2v) is 2.68. The first-order valence-corrected chi connectivity index (χ1v) is 3.76. The van der Waals surface area contributed by atoms with E-state index in [-0.39, 0.29) is 19.0 Å². The molecule has 12 heavy (non-hydrogen) atoms. The van der Waals surface area contributed by atoms with Crippen molar-refractivity contribution in [3.63, 3.8) is 0 Å². The predicted octanol–water partition coefficient (Wildman–Crippen LogP) is 1.75. The molecule has 2 nitrogen and oxygen atoms in total. The number of benzene rings is 1. The highest BCUT2D eigenvalue weighted by Crippen LogP contribution is 2.21. The number of aliphatic hydroxyl groups is 1. The third kappa shape index (κ3) is 2.64. The van der Waals surface area contributed by atoms with E-state index in [9.17, 15) is 5.11 Å². The van der Waals surface area contributed by atoms with Gasteiger partial charge in [0.05, 0.1) is 6.10 Å². The quantitative estimate of drug-likeness (QED) is 0.777. The maximum absolute atomic E-state index is 9.30. The molecule has 0 amide bonds. The summed E-state index contributed by atoms with van der Waals surface area (Å²) >= 11 is 5.78. The maximum Gasteiger partial charge on any atom is 0.0926 e. The molecule has 1 atom stereocenters. The minimum Gasteiger partial charge on any atom is -0.387 e. The van der Waals surface area contributed by atoms with Gasteiger partial charge in [0.15, 0.2) is 0 Å². The molecule has 3 N–H and O–H groups in total. The molecule has 4 heteroatoms. The van der Waals surface area contributed by atoms with Crippen LogP contribution in [-0.2, 0) is 0 Å². The highest BCUT2D eigenvalue weighted by molar-refractivity contribution is 6.31. The van der Waals surface area contributed by atoms with E-state index < -0.39 is 6.10 Å². The van der Waals surface area contributed by atoms with Crippen LogP contribution in [0.5, 0.6) is 0 Å². The Bertz CT molecular complexity index is 242. The minimum atomic E-state index is -0.649. The van der Waals surface area contributed by atoms with Crippen molar-refractivity contribution >= 4 is 24.0 Å². The third-order valence-corrected chi connectivity index (χ3v) is 1.83. The van der Waals surface area contributed by atoms with E-state index in [1.807, 2.05) is 12.1 Å². The van der Waals surface area contributed by atoms with Gasteiger partial charge in [-0.05, 0) is 6.07 Å². The largest absolute Gasteiger partial charge is 0.387 e. The molecule has 0 saturated carbocycles. The van der Waals surface area contributed by atoms with Crippen molar-refractivity contribution in [1.82, 2.24) is 0 Å². The molecule has 0 fully saturated rings. The first kappa shape index (κ1) is 11.7. The SMILES string of the molecule is Cl.NC[C@@H](O)c1ccccc1Cl. The van der Waals surface area contributed by atoms with Crippen LogP contribution in [0.1, 0.15) is 11.7 Å². The van der Waals surface area contributed by atoms with Gasteiger partial charge in [-0.3, -0.25) is 0 Å². The molecule has 0 spiro atoms. The minimum absolute atomic E-state index is 0. The van der Waals surface area contributed by atoms with Gasteiger partial charge in [0, 0.05) is 17.1 Å². The average Bonchev–Trinajstić information content (AvgIpc) is 2.04.